The third kappa shape index (κ3) is 6.46. The van der Waals surface area contributed by atoms with E-state index < -0.39 is 0 Å². The van der Waals surface area contributed by atoms with Gasteiger partial charge in [-0.15, -0.1) is 0 Å². The summed E-state index contributed by atoms with van der Waals surface area (Å²) in [5.41, 5.74) is 5.21. The number of carbonyl (C=O) groups excluding carboxylic acids is 2. The third-order valence-corrected chi connectivity index (χ3v) is 6.34. The van der Waals surface area contributed by atoms with Crippen molar-refractivity contribution in [3.05, 3.63) is 94.6 Å². The molecule has 0 unspecified atom stereocenters. The first-order chi connectivity index (χ1) is 17.9. The second-order valence-corrected chi connectivity index (χ2v) is 9.75. The van der Waals surface area contributed by atoms with Crippen LogP contribution >= 0.6 is 15.9 Å². The van der Waals surface area contributed by atoms with Gasteiger partial charge in [-0.05, 0) is 56.2 Å². The van der Waals surface area contributed by atoms with Gasteiger partial charge in [0.05, 0.1) is 11.4 Å². The minimum atomic E-state index is -0.332. The molecule has 0 saturated heterocycles. The Morgan fingerprint density at radius 3 is 2.35 bits per heavy atom. The van der Waals surface area contributed by atoms with Crippen molar-refractivity contribution in [1.82, 2.24) is 14.7 Å². The van der Waals surface area contributed by atoms with E-state index in [2.05, 4.69) is 26.6 Å². The molecule has 7 nitrogen and oxygen atoms in total. The van der Waals surface area contributed by atoms with Crippen molar-refractivity contribution in [2.75, 3.05) is 23.7 Å². The van der Waals surface area contributed by atoms with Gasteiger partial charge in [0.1, 0.15) is 12.4 Å². The topological polar surface area (TPSA) is 79.3 Å². The molecule has 4 rings (SSSR count). The van der Waals surface area contributed by atoms with Gasteiger partial charge in [0.15, 0.2) is 0 Å². The minimum Gasteiger partial charge on any atom is -0.315 e. The molecule has 1 aromatic heterocycles. The van der Waals surface area contributed by atoms with Crippen LogP contribution in [-0.4, -0.2) is 39.7 Å². The number of nitrogens with zero attached hydrogens (tertiary/aromatic N) is 3. The molecule has 0 aliphatic heterocycles. The Kier molecular flexibility index (Phi) is 8.40. The molecule has 4 aromatic rings. The van der Waals surface area contributed by atoms with E-state index in [0.29, 0.717) is 18.1 Å². The molecule has 3 amide bonds. The summed E-state index contributed by atoms with van der Waals surface area (Å²) in [5.74, 6) is 0.268. The van der Waals surface area contributed by atoms with Gasteiger partial charge >= 0.3 is 6.03 Å². The number of anilines is 2. The fourth-order valence-corrected chi connectivity index (χ4v) is 4.50. The Labute approximate surface area is 225 Å². The molecule has 0 saturated carbocycles. The highest BCUT2D eigenvalue weighted by molar-refractivity contribution is 9.10. The molecule has 0 aliphatic rings. The lowest BCUT2D eigenvalue weighted by atomic mass is 10.1. The summed E-state index contributed by atoms with van der Waals surface area (Å²) < 4.78 is 2.61. The van der Waals surface area contributed by atoms with Crippen LogP contribution in [0.15, 0.2) is 83.3 Å². The predicted octanol–water partition coefficient (Wildman–Crippen LogP) is 6.80. The van der Waals surface area contributed by atoms with E-state index in [9.17, 15) is 9.59 Å². The first-order valence-electron chi connectivity index (χ1n) is 12.2. The van der Waals surface area contributed by atoms with Crippen LogP contribution in [0.4, 0.5) is 16.3 Å². The molecule has 8 heteroatoms. The number of carbonyl (C=O) groups is 2. The lowest BCUT2D eigenvalue weighted by molar-refractivity contribution is -0.116. The summed E-state index contributed by atoms with van der Waals surface area (Å²) in [5, 5.41) is 10.7. The number of rotatable bonds is 8. The largest absolute Gasteiger partial charge is 0.322 e. The van der Waals surface area contributed by atoms with Crippen LogP contribution in [0.5, 0.6) is 0 Å². The first-order valence-corrected chi connectivity index (χ1v) is 13.0. The SMILES string of the molecule is CCCN(CC(=O)Nc1c(-c2ccccc2)c(C)nn1-c1ccc(C)cc1)C(=O)Nc1cccc(Br)c1. The smallest absolute Gasteiger partial charge is 0.315 e. The number of aryl methyl sites for hydroxylation is 2. The highest BCUT2D eigenvalue weighted by Gasteiger charge is 2.22. The Morgan fingerprint density at radius 2 is 1.68 bits per heavy atom. The van der Waals surface area contributed by atoms with E-state index in [4.69, 9.17) is 5.10 Å². The molecule has 3 aromatic carbocycles. The Hall–Kier alpha value is -3.91. The molecular formula is C29H30BrN5O2. The maximum Gasteiger partial charge on any atom is 0.322 e. The molecule has 0 atom stereocenters. The normalized spacial score (nSPS) is 10.7. The molecule has 2 N–H and O–H groups in total. The average Bonchev–Trinajstić information content (AvgIpc) is 3.20. The van der Waals surface area contributed by atoms with E-state index in [1.807, 2.05) is 99.6 Å². The van der Waals surface area contributed by atoms with Crippen molar-refractivity contribution in [1.29, 1.82) is 0 Å². The van der Waals surface area contributed by atoms with E-state index in [0.717, 1.165) is 39.0 Å². The zero-order valence-electron chi connectivity index (χ0n) is 21.2. The molecular weight excluding hydrogens is 530 g/mol. The molecule has 0 aliphatic carbocycles. The Morgan fingerprint density at radius 1 is 0.946 bits per heavy atom. The number of hydrogen-bond donors (Lipinski definition) is 2. The van der Waals surface area contributed by atoms with E-state index in [-0.39, 0.29) is 18.5 Å². The number of halogens is 1. The first kappa shape index (κ1) is 26.2. The maximum absolute atomic E-state index is 13.4. The zero-order chi connectivity index (χ0) is 26.4. The Balaban J connectivity index is 1.62. The van der Waals surface area contributed by atoms with Gasteiger partial charge in [0.2, 0.25) is 5.91 Å². The molecule has 37 heavy (non-hydrogen) atoms. The summed E-state index contributed by atoms with van der Waals surface area (Å²) in [7, 11) is 0. The van der Waals surface area contributed by atoms with Crippen LogP contribution in [0, 0.1) is 13.8 Å². The van der Waals surface area contributed by atoms with Gasteiger partial charge in [-0.25, -0.2) is 9.48 Å². The van der Waals surface area contributed by atoms with Crippen molar-refractivity contribution >= 4 is 39.4 Å². The molecule has 0 bridgehead atoms. The van der Waals surface area contributed by atoms with E-state index in [1.165, 1.54) is 4.90 Å². The highest BCUT2D eigenvalue weighted by Crippen LogP contribution is 2.33. The van der Waals surface area contributed by atoms with Gasteiger partial charge in [-0.3, -0.25) is 4.79 Å². The number of benzene rings is 3. The fraction of sp³-hybridized carbons (Fsp3) is 0.207. The van der Waals surface area contributed by atoms with E-state index in [1.54, 1.807) is 4.68 Å². The fourth-order valence-electron chi connectivity index (χ4n) is 4.10. The quantitative estimate of drug-likeness (QED) is 0.249. The van der Waals surface area contributed by atoms with Crippen LogP contribution in [0.1, 0.15) is 24.6 Å². The standard InChI is InChI=1S/C29H30BrN5O2/c1-4-17-34(29(37)31-24-12-8-11-23(30)18-24)19-26(36)32-28-27(22-9-6-5-7-10-22)21(3)33-35(28)25-15-13-20(2)14-16-25/h5-16,18H,4,17,19H2,1-3H3,(H,31,37)(H,32,36). The number of urea groups is 1. The van der Waals surface area contributed by atoms with Gasteiger partial charge in [0, 0.05) is 22.3 Å². The minimum absolute atomic E-state index is 0.0972. The number of amides is 3. The molecule has 0 radical (unpaired) electrons. The summed E-state index contributed by atoms with van der Waals surface area (Å²) in [6, 6.07) is 24.8. The molecule has 190 valence electrons. The van der Waals surface area contributed by atoms with Crippen LogP contribution in [0.3, 0.4) is 0 Å². The van der Waals surface area contributed by atoms with Crippen molar-refractivity contribution in [3.8, 4) is 16.8 Å². The van der Waals surface area contributed by atoms with Crippen LogP contribution in [0.25, 0.3) is 16.8 Å². The van der Waals surface area contributed by atoms with Crippen LogP contribution in [0.2, 0.25) is 0 Å². The second kappa shape index (κ2) is 11.9. The highest BCUT2D eigenvalue weighted by atomic mass is 79.9. The zero-order valence-corrected chi connectivity index (χ0v) is 22.7. The molecule has 1 heterocycles. The third-order valence-electron chi connectivity index (χ3n) is 5.85. The van der Waals surface area contributed by atoms with Crippen molar-refractivity contribution in [3.63, 3.8) is 0 Å². The number of nitrogens with one attached hydrogen (secondary N) is 2. The number of aromatic nitrogens is 2. The second-order valence-electron chi connectivity index (χ2n) is 8.83. The van der Waals surface area contributed by atoms with Crippen LogP contribution in [-0.2, 0) is 4.79 Å². The summed E-state index contributed by atoms with van der Waals surface area (Å²) in [4.78, 5) is 27.9. The summed E-state index contributed by atoms with van der Waals surface area (Å²) in [6.45, 7) is 6.27. The van der Waals surface area contributed by atoms with E-state index >= 15 is 0 Å². The van der Waals surface area contributed by atoms with Gasteiger partial charge in [0.25, 0.3) is 0 Å². The van der Waals surface area contributed by atoms with Gasteiger partial charge < -0.3 is 15.5 Å². The van der Waals surface area contributed by atoms with Gasteiger partial charge in [-0.1, -0.05) is 76.9 Å². The predicted molar refractivity (Wildman–Crippen MR) is 152 cm³/mol. The monoisotopic (exact) mass is 559 g/mol. The van der Waals surface area contributed by atoms with Crippen molar-refractivity contribution in [2.45, 2.75) is 27.2 Å². The average molecular weight is 560 g/mol. The summed E-state index contributed by atoms with van der Waals surface area (Å²) >= 11 is 3.42. The Bertz CT molecular complexity index is 1380. The lowest BCUT2D eigenvalue weighted by Crippen LogP contribution is -2.41. The molecule has 0 spiro atoms. The van der Waals surface area contributed by atoms with Crippen molar-refractivity contribution in [2.24, 2.45) is 0 Å². The maximum atomic E-state index is 13.4. The molecule has 0 fully saturated rings. The van der Waals surface area contributed by atoms with Crippen molar-refractivity contribution < 1.29 is 9.59 Å². The number of hydrogen-bond acceptors (Lipinski definition) is 3. The summed E-state index contributed by atoms with van der Waals surface area (Å²) in [6.07, 6.45) is 0.717. The lowest BCUT2D eigenvalue weighted by Gasteiger charge is -2.22. The van der Waals surface area contributed by atoms with Gasteiger partial charge in [-0.2, -0.15) is 5.10 Å². The van der Waals surface area contributed by atoms with Crippen LogP contribution < -0.4 is 10.6 Å².